The van der Waals surface area contributed by atoms with E-state index in [1.807, 2.05) is 4.90 Å². The minimum absolute atomic E-state index is 0.483. The number of hydrogen-bond acceptors (Lipinski definition) is 1. The summed E-state index contributed by atoms with van der Waals surface area (Å²) in [5, 5.41) is 1.42. The van der Waals surface area contributed by atoms with E-state index in [0.717, 1.165) is 24.9 Å². The number of piperidine rings is 3. The lowest BCUT2D eigenvalue weighted by Crippen LogP contribution is -3.21. The number of nitrogens with zero attached hydrogens (tertiary/aromatic N) is 1. The molecule has 4 heteroatoms. The topological polar surface area (TPSA) is 40.5 Å². The van der Waals surface area contributed by atoms with Gasteiger partial charge < -0.3 is 14.8 Å². The zero-order valence-corrected chi connectivity index (χ0v) is 14.6. The molecular formula is C21H26N3O+. The highest BCUT2D eigenvalue weighted by Gasteiger charge is 2.60. The van der Waals surface area contributed by atoms with E-state index in [2.05, 4.69) is 34.1 Å². The van der Waals surface area contributed by atoms with E-state index in [4.69, 9.17) is 0 Å². The number of quaternary nitrogens is 1. The summed E-state index contributed by atoms with van der Waals surface area (Å²) in [6, 6.07) is 10.6. The van der Waals surface area contributed by atoms with Gasteiger partial charge in [0.1, 0.15) is 6.04 Å². The van der Waals surface area contributed by atoms with Crippen LogP contribution < -0.4 is 4.90 Å². The van der Waals surface area contributed by atoms with Crippen molar-refractivity contribution in [2.45, 2.75) is 50.2 Å². The Hall–Kier alpha value is -1.81. The van der Waals surface area contributed by atoms with Gasteiger partial charge in [0, 0.05) is 48.2 Å². The maximum absolute atomic E-state index is 11.7. The molecule has 1 unspecified atom stereocenters. The number of aromatic amines is 1. The van der Waals surface area contributed by atoms with Crippen LogP contribution in [0.2, 0.25) is 0 Å². The standard InChI is InChI=1S/C21H25N3O/c25-12-23-10-3-5-15-18-8-7-16(20(15)23)21-19-14(9-11-24(18)21)13-4-1-2-6-17(13)22-19/h1-2,4,6,12,15-16,18,20-22H,3,5,7-11H2/p+1/t15-,16-,18-,20-,21+/m1/s1. The molecule has 4 nitrogen and oxygen atoms in total. The quantitative estimate of drug-likeness (QED) is 0.765. The first-order valence-corrected chi connectivity index (χ1v) is 10.0. The molecule has 1 aliphatic carbocycles. The average molecular weight is 336 g/mol. The molecule has 3 saturated heterocycles. The second kappa shape index (κ2) is 5.10. The number of fused-ring (bicyclic) bond motifs is 4. The zero-order valence-electron chi connectivity index (χ0n) is 14.6. The maximum Gasteiger partial charge on any atom is 0.209 e. The summed E-state index contributed by atoms with van der Waals surface area (Å²) < 4.78 is 0. The summed E-state index contributed by atoms with van der Waals surface area (Å²) in [6.45, 7) is 2.24. The molecule has 4 fully saturated rings. The summed E-state index contributed by atoms with van der Waals surface area (Å²) in [5.74, 6) is 1.36. The van der Waals surface area contributed by atoms with Crippen molar-refractivity contribution < 1.29 is 9.69 Å². The lowest BCUT2D eigenvalue weighted by Gasteiger charge is -2.60. The SMILES string of the molecule is O=CN1CCC[C@H]2[C@@H]1[C@H]1CC[C@H]2[NH+]2CCc3c([nH]c4ccccc34)[C@H]12. The van der Waals surface area contributed by atoms with Gasteiger partial charge in [0.15, 0.2) is 0 Å². The molecule has 2 aromatic rings. The summed E-state index contributed by atoms with van der Waals surface area (Å²) in [6.07, 6.45) is 7.51. The molecule has 25 heavy (non-hydrogen) atoms. The van der Waals surface area contributed by atoms with Crippen molar-refractivity contribution in [3.8, 4) is 0 Å². The molecule has 5 heterocycles. The Balaban J connectivity index is 1.50. The summed E-state index contributed by atoms with van der Waals surface area (Å²) in [7, 11) is 0. The van der Waals surface area contributed by atoms with Crippen molar-refractivity contribution in [1.82, 2.24) is 9.88 Å². The van der Waals surface area contributed by atoms with Crippen molar-refractivity contribution in [3.63, 3.8) is 0 Å². The van der Waals surface area contributed by atoms with Crippen LogP contribution in [0.3, 0.4) is 0 Å². The third kappa shape index (κ3) is 1.78. The van der Waals surface area contributed by atoms with Gasteiger partial charge in [0.05, 0.1) is 18.3 Å². The predicted molar refractivity (Wildman–Crippen MR) is 96.4 cm³/mol. The van der Waals surface area contributed by atoms with Crippen LogP contribution in [0.1, 0.15) is 43.0 Å². The first kappa shape index (κ1) is 14.4. The minimum Gasteiger partial charge on any atom is -0.353 e. The van der Waals surface area contributed by atoms with Gasteiger partial charge in [0.25, 0.3) is 0 Å². The summed E-state index contributed by atoms with van der Waals surface area (Å²) >= 11 is 0. The molecule has 7 rings (SSSR count). The van der Waals surface area contributed by atoms with E-state index in [9.17, 15) is 4.79 Å². The number of hydrogen-bond donors (Lipinski definition) is 2. The Labute approximate surface area is 148 Å². The molecule has 4 aliphatic heterocycles. The van der Waals surface area contributed by atoms with Crippen LogP contribution in [-0.4, -0.2) is 41.5 Å². The molecule has 1 amide bonds. The molecule has 2 N–H and O–H groups in total. The van der Waals surface area contributed by atoms with E-state index >= 15 is 0 Å². The second-order valence-corrected chi connectivity index (χ2v) is 8.60. The molecule has 130 valence electrons. The van der Waals surface area contributed by atoms with Crippen molar-refractivity contribution in [2.24, 2.45) is 11.8 Å². The fourth-order valence-electron chi connectivity index (χ4n) is 7.05. The minimum atomic E-state index is 0.483. The third-order valence-electron chi connectivity index (χ3n) is 7.80. The molecule has 2 bridgehead atoms. The van der Waals surface area contributed by atoms with Crippen LogP contribution in [0.15, 0.2) is 24.3 Å². The number of H-pyrrole nitrogens is 1. The van der Waals surface area contributed by atoms with Crippen molar-refractivity contribution in [2.75, 3.05) is 13.1 Å². The summed E-state index contributed by atoms with van der Waals surface area (Å²) in [5.41, 5.74) is 4.34. The van der Waals surface area contributed by atoms with E-state index in [1.54, 1.807) is 5.56 Å². The number of benzene rings is 1. The number of amides is 1. The van der Waals surface area contributed by atoms with Gasteiger partial charge in [-0.25, -0.2) is 0 Å². The zero-order chi connectivity index (χ0) is 16.5. The molecule has 6 atom stereocenters. The van der Waals surface area contributed by atoms with Crippen LogP contribution >= 0.6 is 0 Å². The van der Waals surface area contributed by atoms with Crippen LogP contribution in [0, 0.1) is 11.8 Å². The Kier molecular flexibility index (Phi) is 2.93. The first-order chi connectivity index (χ1) is 12.4. The third-order valence-corrected chi connectivity index (χ3v) is 7.80. The number of carbonyl (C=O) groups excluding carboxylic acids is 1. The highest BCUT2D eigenvalue weighted by atomic mass is 16.1. The van der Waals surface area contributed by atoms with Crippen LogP contribution in [0.4, 0.5) is 0 Å². The number of rotatable bonds is 1. The normalized spacial score (nSPS) is 39.0. The van der Waals surface area contributed by atoms with Crippen LogP contribution in [-0.2, 0) is 11.2 Å². The van der Waals surface area contributed by atoms with Gasteiger partial charge in [-0.3, -0.25) is 4.79 Å². The number of likely N-dealkylation sites (tertiary alicyclic amines) is 1. The van der Waals surface area contributed by atoms with Crippen LogP contribution in [0.25, 0.3) is 10.9 Å². The maximum atomic E-state index is 11.7. The fourth-order valence-corrected chi connectivity index (χ4v) is 7.05. The fraction of sp³-hybridized carbons (Fsp3) is 0.571. The lowest BCUT2D eigenvalue weighted by atomic mass is 9.61. The van der Waals surface area contributed by atoms with Gasteiger partial charge in [-0.05, 0) is 30.9 Å². The number of carbonyl (C=O) groups is 1. The average Bonchev–Trinajstić information content (AvgIpc) is 3.06. The van der Waals surface area contributed by atoms with Crippen molar-refractivity contribution in [3.05, 3.63) is 35.5 Å². The van der Waals surface area contributed by atoms with E-state index in [1.165, 1.54) is 55.2 Å². The Morgan fingerprint density at radius 2 is 2.08 bits per heavy atom. The molecule has 1 saturated carbocycles. The summed E-state index contributed by atoms with van der Waals surface area (Å²) in [4.78, 5) is 19.5. The lowest BCUT2D eigenvalue weighted by molar-refractivity contribution is -0.979. The predicted octanol–water partition coefficient (Wildman–Crippen LogP) is 1.68. The smallest absolute Gasteiger partial charge is 0.209 e. The van der Waals surface area contributed by atoms with E-state index in [-0.39, 0.29) is 0 Å². The molecule has 5 aliphatic rings. The van der Waals surface area contributed by atoms with Gasteiger partial charge in [0.2, 0.25) is 6.41 Å². The van der Waals surface area contributed by atoms with E-state index < -0.39 is 0 Å². The van der Waals surface area contributed by atoms with Crippen molar-refractivity contribution in [1.29, 1.82) is 0 Å². The largest absolute Gasteiger partial charge is 0.353 e. The molecule has 1 aromatic heterocycles. The van der Waals surface area contributed by atoms with Gasteiger partial charge in [-0.15, -0.1) is 0 Å². The van der Waals surface area contributed by atoms with Gasteiger partial charge in [-0.2, -0.15) is 0 Å². The van der Waals surface area contributed by atoms with Gasteiger partial charge in [-0.1, -0.05) is 18.2 Å². The monoisotopic (exact) mass is 336 g/mol. The first-order valence-electron chi connectivity index (χ1n) is 10.0. The highest BCUT2D eigenvalue weighted by Crippen LogP contribution is 2.48. The van der Waals surface area contributed by atoms with Crippen molar-refractivity contribution >= 4 is 17.3 Å². The molecule has 1 aromatic carbocycles. The number of aromatic nitrogens is 1. The number of nitrogens with one attached hydrogen (secondary N) is 2. The molecule has 0 radical (unpaired) electrons. The molecule has 0 spiro atoms. The highest BCUT2D eigenvalue weighted by molar-refractivity contribution is 5.85. The Morgan fingerprint density at radius 1 is 1.16 bits per heavy atom. The van der Waals surface area contributed by atoms with Crippen LogP contribution in [0.5, 0.6) is 0 Å². The Morgan fingerprint density at radius 3 is 3.00 bits per heavy atom. The number of para-hydroxylation sites is 1. The molecular weight excluding hydrogens is 310 g/mol. The van der Waals surface area contributed by atoms with Gasteiger partial charge >= 0.3 is 0 Å². The van der Waals surface area contributed by atoms with E-state index in [0.29, 0.717) is 18.0 Å². The second-order valence-electron chi connectivity index (χ2n) is 8.60. The Bertz CT molecular complexity index is 843.